The quantitative estimate of drug-likeness (QED) is 0.770. The van der Waals surface area contributed by atoms with Crippen molar-refractivity contribution in [2.24, 2.45) is 0 Å². The molecule has 0 radical (unpaired) electrons. The van der Waals surface area contributed by atoms with Crippen LogP contribution >= 0.6 is 0 Å². The normalized spacial score (nSPS) is 10.8. The minimum absolute atomic E-state index is 0.784. The number of nitrogens with one attached hydrogen (secondary N) is 2. The van der Waals surface area contributed by atoms with Crippen molar-refractivity contribution in [3.05, 3.63) is 36.4 Å². The SMILES string of the molecule is CCCn1ccnc1CNCc1cnc[nH]1. The van der Waals surface area contributed by atoms with Crippen molar-refractivity contribution in [1.29, 1.82) is 0 Å². The molecular weight excluding hydrogens is 202 g/mol. The highest BCUT2D eigenvalue weighted by Crippen LogP contribution is 1.99. The highest BCUT2D eigenvalue weighted by Gasteiger charge is 2.01. The third-order valence-corrected chi connectivity index (χ3v) is 2.42. The van der Waals surface area contributed by atoms with Gasteiger partial charge in [-0.1, -0.05) is 6.92 Å². The van der Waals surface area contributed by atoms with Crippen LogP contribution in [-0.4, -0.2) is 19.5 Å². The Bertz CT molecular complexity index is 404. The second-order valence-electron chi connectivity index (χ2n) is 3.72. The first-order valence-corrected chi connectivity index (χ1v) is 5.58. The fraction of sp³-hybridized carbons (Fsp3) is 0.455. The summed E-state index contributed by atoms with van der Waals surface area (Å²) in [6.45, 7) is 4.77. The van der Waals surface area contributed by atoms with Crippen LogP contribution in [0.25, 0.3) is 0 Å². The summed E-state index contributed by atoms with van der Waals surface area (Å²) in [6.07, 6.45) is 8.52. The maximum Gasteiger partial charge on any atom is 0.122 e. The van der Waals surface area contributed by atoms with Crippen molar-refractivity contribution in [3.8, 4) is 0 Å². The van der Waals surface area contributed by atoms with Crippen LogP contribution in [0.5, 0.6) is 0 Å². The minimum atomic E-state index is 0.784. The molecule has 0 aliphatic rings. The summed E-state index contributed by atoms with van der Waals surface area (Å²) >= 11 is 0. The molecule has 5 heteroatoms. The van der Waals surface area contributed by atoms with Gasteiger partial charge in [-0.15, -0.1) is 0 Å². The first-order chi connectivity index (χ1) is 7.90. The summed E-state index contributed by atoms with van der Waals surface area (Å²) in [5.41, 5.74) is 1.09. The molecule has 0 saturated heterocycles. The molecule has 0 aliphatic carbocycles. The van der Waals surface area contributed by atoms with Crippen LogP contribution in [-0.2, 0) is 19.6 Å². The van der Waals surface area contributed by atoms with Crippen LogP contribution in [0.3, 0.4) is 0 Å². The molecule has 2 aromatic heterocycles. The van der Waals surface area contributed by atoms with E-state index in [4.69, 9.17) is 0 Å². The van der Waals surface area contributed by atoms with Crippen LogP contribution in [0, 0.1) is 0 Å². The van der Waals surface area contributed by atoms with Gasteiger partial charge in [-0.2, -0.15) is 0 Å². The van der Waals surface area contributed by atoms with Gasteiger partial charge in [-0.05, 0) is 6.42 Å². The zero-order chi connectivity index (χ0) is 11.2. The molecule has 0 bridgehead atoms. The third kappa shape index (κ3) is 2.70. The topological polar surface area (TPSA) is 58.5 Å². The number of aryl methyl sites for hydroxylation is 1. The van der Waals surface area contributed by atoms with E-state index in [-0.39, 0.29) is 0 Å². The van der Waals surface area contributed by atoms with E-state index in [0.29, 0.717) is 0 Å². The molecule has 0 spiro atoms. The van der Waals surface area contributed by atoms with E-state index in [1.54, 1.807) is 6.33 Å². The van der Waals surface area contributed by atoms with Gasteiger partial charge in [0, 0.05) is 37.4 Å². The van der Waals surface area contributed by atoms with Crippen LogP contribution in [0.15, 0.2) is 24.9 Å². The van der Waals surface area contributed by atoms with E-state index >= 15 is 0 Å². The predicted octanol–water partition coefficient (Wildman–Crippen LogP) is 1.31. The van der Waals surface area contributed by atoms with Crippen molar-refractivity contribution in [2.45, 2.75) is 33.0 Å². The Morgan fingerprint density at radius 3 is 3.12 bits per heavy atom. The molecule has 0 unspecified atom stereocenters. The van der Waals surface area contributed by atoms with Crippen LogP contribution in [0.1, 0.15) is 24.9 Å². The van der Waals surface area contributed by atoms with E-state index in [1.807, 2.05) is 18.6 Å². The molecule has 0 atom stereocenters. The molecule has 16 heavy (non-hydrogen) atoms. The average molecular weight is 219 g/mol. The number of imidazole rings is 2. The van der Waals surface area contributed by atoms with Gasteiger partial charge < -0.3 is 14.9 Å². The smallest absolute Gasteiger partial charge is 0.122 e. The standard InChI is InChI=1S/C11H17N5/c1-2-4-16-5-3-14-11(16)8-12-6-10-7-13-9-15-10/h3,5,7,9,12H,2,4,6,8H2,1H3,(H,13,15). The van der Waals surface area contributed by atoms with Crippen molar-refractivity contribution in [1.82, 2.24) is 24.8 Å². The van der Waals surface area contributed by atoms with Crippen molar-refractivity contribution in [3.63, 3.8) is 0 Å². The number of H-pyrrole nitrogens is 1. The average Bonchev–Trinajstić information content (AvgIpc) is 2.91. The molecule has 86 valence electrons. The minimum Gasteiger partial charge on any atom is -0.347 e. The van der Waals surface area contributed by atoms with Gasteiger partial charge >= 0.3 is 0 Å². The fourth-order valence-corrected chi connectivity index (χ4v) is 1.64. The van der Waals surface area contributed by atoms with Gasteiger partial charge in [0.1, 0.15) is 5.82 Å². The van der Waals surface area contributed by atoms with E-state index in [1.165, 1.54) is 0 Å². The van der Waals surface area contributed by atoms with E-state index < -0.39 is 0 Å². The highest BCUT2D eigenvalue weighted by molar-refractivity contribution is 4.95. The van der Waals surface area contributed by atoms with Gasteiger partial charge in [-0.25, -0.2) is 9.97 Å². The number of hydrogen-bond donors (Lipinski definition) is 2. The summed E-state index contributed by atoms with van der Waals surface area (Å²) in [6, 6.07) is 0. The lowest BCUT2D eigenvalue weighted by molar-refractivity contribution is 0.585. The van der Waals surface area contributed by atoms with Gasteiger partial charge in [0.25, 0.3) is 0 Å². The number of aromatic amines is 1. The number of nitrogens with zero attached hydrogens (tertiary/aromatic N) is 3. The maximum absolute atomic E-state index is 4.33. The zero-order valence-electron chi connectivity index (χ0n) is 9.48. The lowest BCUT2D eigenvalue weighted by Gasteiger charge is -2.06. The number of rotatable bonds is 6. The molecule has 0 aliphatic heterocycles. The summed E-state index contributed by atoms with van der Waals surface area (Å²) in [5.74, 6) is 1.08. The fourth-order valence-electron chi connectivity index (χ4n) is 1.64. The highest BCUT2D eigenvalue weighted by atomic mass is 15.1. The van der Waals surface area contributed by atoms with Crippen LogP contribution in [0.2, 0.25) is 0 Å². The Morgan fingerprint density at radius 2 is 2.38 bits per heavy atom. The molecule has 2 heterocycles. The molecule has 0 amide bonds. The van der Waals surface area contributed by atoms with Gasteiger partial charge in [0.2, 0.25) is 0 Å². The first-order valence-electron chi connectivity index (χ1n) is 5.58. The number of aromatic nitrogens is 4. The van der Waals surface area contributed by atoms with Crippen molar-refractivity contribution < 1.29 is 0 Å². The second-order valence-corrected chi connectivity index (χ2v) is 3.72. The van der Waals surface area contributed by atoms with Gasteiger partial charge in [-0.3, -0.25) is 0 Å². The molecule has 2 rings (SSSR count). The van der Waals surface area contributed by atoms with E-state index in [0.717, 1.165) is 37.6 Å². The molecule has 0 aromatic carbocycles. The summed E-state index contributed by atoms with van der Waals surface area (Å²) in [4.78, 5) is 11.4. The Labute approximate surface area is 94.9 Å². The largest absolute Gasteiger partial charge is 0.347 e. The first kappa shape index (κ1) is 10.9. The third-order valence-electron chi connectivity index (χ3n) is 2.42. The Balaban J connectivity index is 1.82. The molecule has 2 N–H and O–H groups in total. The number of hydrogen-bond acceptors (Lipinski definition) is 3. The van der Waals surface area contributed by atoms with Crippen LogP contribution < -0.4 is 5.32 Å². The predicted molar refractivity (Wildman–Crippen MR) is 61.6 cm³/mol. The van der Waals surface area contributed by atoms with Crippen LogP contribution in [0.4, 0.5) is 0 Å². The van der Waals surface area contributed by atoms with Crippen molar-refractivity contribution >= 4 is 0 Å². The Morgan fingerprint density at radius 1 is 1.44 bits per heavy atom. The lowest BCUT2D eigenvalue weighted by atomic mass is 10.4. The monoisotopic (exact) mass is 219 g/mol. The molecule has 5 nitrogen and oxygen atoms in total. The summed E-state index contributed by atoms with van der Waals surface area (Å²) < 4.78 is 2.18. The van der Waals surface area contributed by atoms with E-state index in [2.05, 4.69) is 31.8 Å². The van der Waals surface area contributed by atoms with Gasteiger partial charge in [0.05, 0.1) is 12.9 Å². The summed E-state index contributed by atoms with van der Waals surface area (Å²) in [7, 11) is 0. The summed E-state index contributed by atoms with van der Waals surface area (Å²) in [5, 5.41) is 3.33. The molecule has 0 fully saturated rings. The molecule has 0 saturated carbocycles. The maximum atomic E-state index is 4.33. The Hall–Kier alpha value is -1.62. The second kappa shape index (κ2) is 5.46. The lowest BCUT2D eigenvalue weighted by Crippen LogP contribution is -2.16. The molecular formula is C11H17N5. The Kier molecular flexibility index (Phi) is 3.71. The molecule has 2 aromatic rings. The van der Waals surface area contributed by atoms with Gasteiger partial charge in [0.15, 0.2) is 0 Å². The van der Waals surface area contributed by atoms with Crippen molar-refractivity contribution in [2.75, 3.05) is 0 Å². The van der Waals surface area contributed by atoms with E-state index in [9.17, 15) is 0 Å². The zero-order valence-corrected chi connectivity index (χ0v) is 9.48.